The van der Waals surface area contributed by atoms with E-state index in [0.29, 0.717) is 17.3 Å². The Morgan fingerprint density at radius 3 is 2.61 bits per heavy atom. The lowest BCUT2D eigenvalue weighted by Crippen LogP contribution is -1.95. The highest BCUT2D eigenvalue weighted by Gasteiger charge is 2.13. The number of nitrogen functional groups attached to an aromatic ring is 1. The molecule has 23 heavy (non-hydrogen) atoms. The van der Waals surface area contributed by atoms with Crippen LogP contribution in [0.1, 0.15) is 0 Å². The number of aromatic nitrogens is 3. The number of oxazole rings is 1. The molecule has 1 aromatic carbocycles. The molecule has 0 unspecified atom stereocenters. The van der Waals surface area contributed by atoms with E-state index in [1.807, 2.05) is 42.5 Å². The Bertz CT molecular complexity index is 920. The van der Waals surface area contributed by atoms with Crippen LogP contribution < -0.4 is 5.73 Å². The second-order valence-corrected chi connectivity index (χ2v) is 4.89. The molecule has 3 aromatic heterocycles. The quantitative estimate of drug-likeness (QED) is 0.604. The zero-order chi connectivity index (χ0) is 14.9. The third-order valence-electron chi connectivity index (χ3n) is 3.44. The van der Waals surface area contributed by atoms with Crippen molar-refractivity contribution in [2.24, 2.45) is 0 Å². The molecule has 0 radical (unpaired) electrons. The minimum absolute atomic E-state index is 0. The SMILES string of the molecule is Cl.Nc1ncc(-c2cccnc2)cc1-c1nc2ccccc2o1. The predicted octanol–water partition coefficient (Wildman–Crippen LogP) is 3.96. The molecular formula is C17H13ClN4O. The van der Waals surface area contributed by atoms with E-state index in [1.165, 1.54) is 0 Å². The molecule has 0 amide bonds. The number of nitrogens with two attached hydrogens (primary N) is 1. The van der Waals surface area contributed by atoms with Crippen molar-refractivity contribution in [3.63, 3.8) is 0 Å². The topological polar surface area (TPSA) is 77.8 Å². The number of rotatable bonds is 2. The molecule has 0 fully saturated rings. The Hall–Kier alpha value is -2.92. The standard InChI is InChI=1S/C17H12N4O.ClH/c18-16-13(17-21-14-5-1-2-6-15(14)22-17)8-12(10-20-16)11-4-3-7-19-9-11;/h1-10H,(H2,18,20);1H. The summed E-state index contributed by atoms with van der Waals surface area (Å²) < 4.78 is 5.78. The molecule has 6 heteroatoms. The van der Waals surface area contributed by atoms with Gasteiger partial charge < -0.3 is 10.2 Å². The average Bonchev–Trinajstić information content (AvgIpc) is 3.00. The van der Waals surface area contributed by atoms with E-state index in [1.54, 1.807) is 18.6 Å². The largest absolute Gasteiger partial charge is 0.436 e. The van der Waals surface area contributed by atoms with Crippen LogP contribution in [0.3, 0.4) is 0 Å². The van der Waals surface area contributed by atoms with Crippen molar-refractivity contribution in [1.82, 2.24) is 15.0 Å². The summed E-state index contributed by atoms with van der Waals surface area (Å²) in [7, 11) is 0. The highest BCUT2D eigenvalue weighted by Crippen LogP contribution is 2.30. The minimum atomic E-state index is 0. The maximum Gasteiger partial charge on any atom is 0.231 e. The van der Waals surface area contributed by atoms with Gasteiger partial charge in [-0.25, -0.2) is 9.97 Å². The maximum absolute atomic E-state index is 5.99. The summed E-state index contributed by atoms with van der Waals surface area (Å²) in [5.74, 6) is 0.858. The Labute approximate surface area is 138 Å². The van der Waals surface area contributed by atoms with Crippen molar-refractivity contribution < 1.29 is 4.42 Å². The van der Waals surface area contributed by atoms with Crippen LogP contribution in [0.25, 0.3) is 33.7 Å². The van der Waals surface area contributed by atoms with E-state index in [9.17, 15) is 0 Å². The Kier molecular flexibility index (Phi) is 3.95. The van der Waals surface area contributed by atoms with Crippen LogP contribution in [0.5, 0.6) is 0 Å². The number of anilines is 1. The predicted molar refractivity (Wildman–Crippen MR) is 92.1 cm³/mol. The van der Waals surface area contributed by atoms with Gasteiger partial charge in [-0.3, -0.25) is 4.98 Å². The van der Waals surface area contributed by atoms with E-state index in [2.05, 4.69) is 15.0 Å². The second-order valence-electron chi connectivity index (χ2n) is 4.89. The van der Waals surface area contributed by atoms with Gasteiger partial charge in [0.05, 0.1) is 5.56 Å². The monoisotopic (exact) mass is 324 g/mol. The van der Waals surface area contributed by atoms with Crippen molar-refractivity contribution >= 4 is 29.3 Å². The van der Waals surface area contributed by atoms with Crippen LogP contribution in [0, 0.1) is 0 Å². The molecule has 0 saturated carbocycles. The van der Waals surface area contributed by atoms with Crippen molar-refractivity contribution in [2.45, 2.75) is 0 Å². The fourth-order valence-corrected chi connectivity index (χ4v) is 2.33. The number of benzene rings is 1. The molecule has 0 bridgehead atoms. The van der Waals surface area contributed by atoms with E-state index < -0.39 is 0 Å². The van der Waals surface area contributed by atoms with Crippen LogP contribution in [0.4, 0.5) is 5.82 Å². The smallest absolute Gasteiger partial charge is 0.231 e. The fraction of sp³-hybridized carbons (Fsp3) is 0. The normalized spacial score (nSPS) is 10.4. The van der Waals surface area contributed by atoms with Gasteiger partial charge in [0.25, 0.3) is 0 Å². The van der Waals surface area contributed by atoms with Gasteiger partial charge >= 0.3 is 0 Å². The zero-order valence-corrected chi connectivity index (χ0v) is 12.8. The maximum atomic E-state index is 5.99. The second kappa shape index (κ2) is 6.06. The van der Waals surface area contributed by atoms with Crippen LogP contribution in [-0.4, -0.2) is 15.0 Å². The first-order valence-corrected chi connectivity index (χ1v) is 6.83. The van der Waals surface area contributed by atoms with E-state index in [0.717, 1.165) is 22.2 Å². The number of fused-ring (bicyclic) bond motifs is 1. The number of halogens is 1. The number of pyridine rings is 2. The summed E-state index contributed by atoms with van der Waals surface area (Å²) >= 11 is 0. The third-order valence-corrected chi connectivity index (χ3v) is 3.44. The summed E-state index contributed by atoms with van der Waals surface area (Å²) in [6, 6.07) is 13.4. The molecule has 0 aliphatic carbocycles. The van der Waals surface area contributed by atoms with Gasteiger partial charge in [0.2, 0.25) is 5.89 Å². The van der Waals surface area contributed by atoms with Crippen LogP contribution >= 0.6 is 12.4 Å². The van der Waals surface area contributed by atoms with Gasteiger partial charge in [0, 0.05) is 29.7 Å². The lowest BCUT2D eigenvalue weighted by atomic mass is 10.1. The van der Waals surface area contributed by atoms with Gasteiger partial charge in [-0.15, -0.1) is 12.4 Å². The van der Waals surface area contributed by atoms with Crippen molar-refractivity contribution in [3.8, 4) is 22.6 Å². The van der Waals surface area contributed by atoms with Gasteiger partial charge in [0.1, 0.15) is 11.3 Å². The molecule has 0 aliphatic heterocycles. The first kappa shape index (κ1) is 15.0. The zero-order valence-electron chi connectivity index (χ0n) is 12.0. The minimum Gasteiger partial charge on any atom is -0.436 e. The van der Waals surface area contributed by atoms with E-state index >= 15 is 0 Å². The fourth-order valence-electron chi connectivity index (χ4n) is 2.33. The highest BCUT2D eigenvalue weighted by molar-refractivity contribution is 5.85. The first-order valence-electron chi connectivity index (χ1n) is 6.83. The van der Waals surface area contributed by atoms with Gasteiger partial charge in [-0.05, 0) is 24.3 Å². The Balaban J connectivity index is 0.00000156. The van der Waals surface area contributed by atoms with E-state index in [4.69, 9.17) is 10.2 Å². The summed E-state index contributed by atoms with van der Waals surface area (Å²) in [5.41, 5.74) is 10.1. The Morgan fingerprint density at radius 1 is 0.957 bits per heavy atom. The summed E-state index contributed by atoms with van der Waals surface area (Å²) in [4.78, 5) is 12.9. The molecule has 114 valence electrons. The summed E-state index contributed by atoms with van der Waals surface area (Å²) in [6.07, 6.45) is 5.23. The van der Waals surface area contributed by atoms with Gasteiger partial charge in [0.15, 0.2) is 5.58 Å². The van der Waals surface area contributed by atoms with Crippen LogP contribution in [0.15, 0.2) is 65.5 Å². The summed E-state index contributed by atoms with van der Waals surface area (Å²) in [6.45, 7) is 0. The Morgan fingerprint density at radius 2 is 1.83 bits per heavy atom. The molecule has 4 aromatic rings. The van der Waals surface area contributed by atoms with Crippen molar-refractivity contribution in [2.75, 3.05) is 5.73 Å². The van der Waals surface area contributed by atoms with Gasteiger partial charge in [-0.1, -0.05) is 18.2 Å². The van der Waals surface area contributed by atoms with Crippen LogP contribution in [-0.2, 0) is 0 Å². The average molecular weight is 325 g/mol. The molecule has 0 atom stereocenters. The molecule has 0 saturated heterocycles. The highest BCUT2D eigenvalue weighted by atomic mass is 35.5. The van der Waals surface area contributed by atoms with E-state index in [-0.39, 0.29) is 12.4 Å². The van der Waals surface area contributed by atoms with Crippen molar-refractivity contribution in [1.29, 1.82) is 0 Å². The van der Waals surface area contributed by atoms with Gasteiger partial charge in [-0.2, -0.15) is 0 Å². The molecule has 5 nitrogen and oxygen atoms in total. The molecular weight excluding hydrogens is 312 g/mol. The van der Waals surface area contributed by atoms with Crippen molar-refractivity contribution in [3.05, 3.63) is 61.1 Å². The number of hydrogen-bond donors (Lipinski definition) is 1. The molecule has 2 N–H and O–H groups in total. The molecule has 0 aliphatic rings. The number of nitrogens with zero attached hydrogens (tertiary/aromatic N) is 3. The number of para-hydroxylation sites is 2. The lowest BCUT2D eigenvalue weighted by Gasteiger charge is -2.05. The summed E-state index contributed by atoms with van der Waals surface area (Å²) in [5, 5.41) is 0. The van der Waals surface area contributed by atoms with Crippen LogP contribution in [0.2, 0.25) is 0 Å². The molecule has 0 spiro atoms. The molecule has 3 heterocycles. The first-order chi connectivity index (χ1) is 10.8. The third kappa shape index (κ3) is 2.74. The lowest BCUT2D eigenvalue weighted by molar-refractivity contribution is 0.620. The number of hydrogen-bond acceptors (Lipinski definition) is 5. The molecule has 4 rings (SSSR count).